The minimum absolute atomic E-state index is 0.686. The van der Waals surface area contributed by atoms with Crippen LogP contribution in [0.4, 0.5) is 0 Å². The number of aryl methyl sites for hydroxylation is 1. The molecule has 4 rings (SSSR count). The Morgan fingerprint density at radius 1 is 1.00 bits per heavy atom. The van der Waals surface area contributed by atoms with E-state index in [9.17, 15) is 0 Å². The first-order valence-electron chi connectivity index (χ1n) is 8.76. The van der Waals surface area contributed by atoms with Crippen molar-refractivity contribution in [3.8, 4) is 11.5 Å². The zero-order valence-corrected chi connectivity index (χ0v) is 14.7. The molecule has 3 aromatic rings. The smallest absolute Gasteiger partial charge is 0.178 e. The molecule has 0 saturated carbocycles. The van der Waals surface area contributed by atoms with Crippen LogP contribution in [0.1, 0.15) is 28.9 Å². The lowest BCUT2D eigenvalue weighted by molar-refractivity contribution is 0.211. The maximum atomic E-state index is 4.89. The molecule has 0 amide bonds. The zero-order chi connectivity index (χ0) is 17.8. The van der Waals surface area contributed by atoms with E-state index in [-0.39, 0.29) is 0 Å². The minimum atomic E-state index is 0.686. The lowest BCUT2D eigenvalue weighted by atomic mass is 9.95. The predicted octanol–water partition coefficient (Wildman–Crippen LogP) is 3.62. The van der Waals surface area contributed by atoms with Crippen LogP contribution in [0.15, 0.2) is 59.9 Å². The third-order valence-electron chi connectivity index (χ3n) is 4.48. The van der Waals surface area contributed by atoms with Crippen LogP contribution in [-0.2, 0) is 24.1 Å². The number of hydrogen-bond donors (Lipinski definition) is 0. The summed E-state index contributed by atoms with van der Waals surface area (Å²) in [4.78, 5) is 18.9. The molecule has 0 unspecified atom stereocenters. The Morgan fingerprint density at radius 2 is 1.88 bits per heavy atom. The van der Waals surface area contributed by atoms with Crippen LogP contribution in [0, 0.1) is 0 Å². The summed E-state index contributed by atoms with van der Waals surface area (Å²) in [6.45, 7) is 0. The van der Waals surface area contributed by atoms with Gasteiger partial charge in [0.2, 0.25) is 0 Å². The minimum Gasteiger partial charge on any atom is -0.399 e. The Balaban J connectivity index is 1.59. The molecule has 0 N–H and O–H groups in total. The molecule has 1 aliphatic rings. The van der Waals surface area contributed by atoms with Crippen molar-refractivity contribution in [1.82, 2.24) is 15.0 Å². The number of rotatable bonds is 4. The van der Waals surface area contributed by atoms with Gasteiger partial charge in [-0.3, -0.25) is 0 Å². The first kappa shape index (κ1) is 16.4. The van der Waals surface area contributed by atoms with Crippen LogP contribution < -0.4 is 0 Å². The summed E-state index contributed by atoms with van der Waals surface area (Å²) in [7, 11) is 1.58. The number of hydrogen-bond acceptors (Lipinski definition) is 5. The Bertz CT molecular complexity index is 938. The van der Waals surface area contributed by atoms with E-state index in [0.717, 1.165) is 54.0 Å². The predicted molar refractivity (Wildman–Crippen MR) is 101 cm³/mol. The Morgan fingerprint density at radius 3 is 2.73 bits per heavy atom. The summed E-state index contributed by atoms with van der Waals surface area (Å²) in [5.74, 6) is 0.686. The van der Waals surface area contributed by atoms with Crippen LogP contribution >= 0.6 is 0 Å². The van der Waals surface area contributed by atoms with Crippen molar-refractivity contribution in [1.29, 1.82) is 0 Å². The normalized spacial score (nSPS) is 14.9. The third-order valence-corrected chi connectivity index (χ3v) is 4.48. The van der Waals surface area contributed by atoms with Gasteiger partial charge in [0.15, 0.2) is 5.82 Å². The molecule has 0 fully saturated rings. The van der Waals surface area contributed by atoms with Crippen LogP contribution in [0.5, 0.6) is 0 Å². The van der Waals surface area contributed by atoms with Crippen molar-refractivity contribution in [3.05, 3.63) is 77.2 Å². The molecular formula is C21H20N4O. The van der Waals surface area contributed by atoms with Gasteiger partial charge in [-0.25, -0.2) is 15.0 Å². The number of benzene rings is 1. The Labute approximate surface area is 152 Å². The molecule has 2 aromatic heterocycles. The lowest BCUT2D eigenvalue weighted by Crippen LogP contribution is -2.16. The van der Waals surface area contributed by atoms with Crippen LogP contribution in [0.3, 0.4) is 0 Å². The largest absolute Gasteiger partial charge is 0.399 e. The number of aromatic nitrogens is 3. The number of oxime groups is 1. The molecule has 1 aliphatic carbocycles. The van der Waals surface area contributed by atoms with E-state index in [4.69, 9.17) is 14.8 Å². The standard InChI is InChI=1S/C21H20N4O/c1-26-25-18-10-11-19-16(13-18)14-22-21(24-19)20-9-5-8-17(23-20)12-15-6-3-2-4-7-15/h2-9,14H,10-13H2,1H3. The summed E-state index contributed by atoms with van der Waals surface area (Å²) < 4.78 is 0. The van der Waals surface area contributed by atoms with Gasteiger partial charge >= 0.3 is 0 Å². The fourth-order valence-electron chi connectivity index (χ4n) is 3.22. The highest BCUT2D eigenvalue weighted by molar-refractivity contribution is 5.87. The van der Waals surface area contributed by atoms with Gasteiger partial charge < -0.3 is 4.84 Å². The van der Waals surface area contributed by atoms with Gasteiger partial charge in [0.25, 0.3) is 0 Å². The first-order valence-corrected chi connectivity index (χ1v) is 8.76. The van der Waals surface area contributed by atoms with E-state index >= 15 is 0 Å². The summed E-state index contributed by atoms with van der Waals surface area (Å²) in [6.07, 6.45) is 5.18. The summed E-state index contributed by atoms with van der Waals surface area (Å²) in [6, 6.07) is 16.4. The maximum absolute atomic E-state index is 4.89. The second-order valence-electron chi connectivity index (χ2n) is 6.36. The van der Waals surface area contributed by atoms with Crippen molar-refractivity contribution in [2.75, 3.05) is 7.11 Å². The summed E-state index contributed by atoms with van der Waals surface area (Å²) in [5, 5.41) is 4.06. The number of fused-ring (bicyclic) bond motifs is 1. The van der Waals surface area contributed by atoms with E-state index in [2.05, 4.69) is 22.3 Å². The van der Waals surface area contributed by atoms with Gasteiger partial charge in [0, 0.05) is 30.4 Å². The van der Waals surface area contributed by atoms with Gasteiger partial charge in [-0.05, 0) is 36.1 Å². The zero-order valence-electron chi connectivity index (χ0n) is 14.7. The van der Waals surface area contributed by atoms with Crippen molar-refractivity contribution in [2.24, 2.45) is 5.16 Å². The second kappa shape index (κ2) is 7.44. The molecular weight excluding hydrogens is 324 g/mol. The lowest BCUT2D eigenvalue weighted by Gasteiger charge is -2.16. The fraction of sp³-hybridized carbons (Fsp3) is 0.238. The molecule has 0 aliphatic heterocycles. The molecule has 1 aromatic carbocycles. The van der Waals surface area contributed by atoms with Gasteiger partial charge in [-0.1, -0.05) is 41.6 Å². The third kappa shape index (κ3) is 3.61. The van der Waals surface area contributed by atoms with E-state index < -0.39 is 0 Å². The molecule has 0 saturated heterocycles. The SMILES string of the molecule is CON=C1CCc2nc(-c3cccc(Cc4ccccc4)n3)ncc2C1. The first-order chi connectivity index (χ1) is 12.8. The van der Waals surface area contributed by atoms with Gasteiger partial charge in [0.05, 0.1) is 5.71 Å². The quantitative estimate of drug-likeness (QED) is 0.678. The van der Waals surface area contributed by atoms with E-state index in [0.29, 0.717) is 5.82 Å². The highest BCUT2D eigenvalue weighted by Gasteiger charge is 2.18. The molecule has 5 nitrogen and oxygen atoms in total. The van der Waals surface area contributed by atoms with Gasteiger partial charge in [0.1, 0.15) is 12.8 Å². The van der Waals surface area contributed by atoms with E-state index in [1.807, 2.05) is 42.6 Å². The molecule has 0 bridgehead atoms. The molecule has 5 heteroatoms. The molecule has 0 spiro atoms. The maximum Gasteiger partial charge on any atom is 0.178 e. The second-order valence-corrected chi connectivity index (χ2v) is 6.36. The van der Waals surface area contributed by atoms with Crippen molar-refractivity contribution in [3.63, 3.8) is 0 Å². The Hall–Kier alpha value is -3.08. The molecule has 130 valence electrons. The summed E-state index contributed by atoms with van der Waals surface area (Å²) >= 11 is 0. The van der Waals surface area contributed by atoms with E-state index in [1.165, 1.54) is 5.56 Å². The Kier molecular flexibility index (Phi) is 4.69. The monoisotopic (exact) mass is 344 g/mol. The van der Waals surface area contributed by atoms with Gasteiger partial charge in [-0.2, -0.15) is 0 Å². The summed E-state index contributed by atoms with van der Waals surface area (Å²) in [5.41, 5.74) is 6.33. The van der Waals surface area contributed by atoms with Crippen LogP contribution in [0.25, 0.3) is 11.5 Å². The topological polar surface area (TPSA) is 60.3 Å². The van der Waals surface area contributed by atoms with Gasteiger partial charge in [-0.15, -0.1) is 0 Å². The number of nitrogens with zero attached hydrogens (tertiary/aromatic N) is 4. The van der Waals surface area contributed by atoms with Crippen molar-refractivity contribution in [2.45, 2.75) is 25.7 Å². The van der Waals surface area contributed by atoms with Crippen LogP contribution in [0.2, 0.25) is 0 Å². The number of pyridine rings is 1. The van der Waals surface area contributed by atoms with Crippen LogP contribution in [-0.4, -0.2) is 27.8 Å². The average molecular weight is 344 g/mol. The molecule has 0 atom stereocenters. The fourth-order valence-corrected chi connectivity index (χ4v) is 3.22. The molecule has 2 heterocycles. The van der Waals surface area contributed by atoms with E-state index in [1.54, 1.807) is 7.11 Å². The van der Waals surface area contributed by atoms with Crippen molar-refractivity contribution < 1.29 is 4.84 Å². The highest BCUT2D eigenvalue weighted by atomic mass is 16.6. The van der Waals surface area contributed by atoms with Crippen molar-refractivity contribution >= 4 is 5.71 Å². The molecule has 0 radical (unpaired) electrons. The highest BCUT2D eigenvalue weighted by Crippen LogP contribution is 2.21. The average Bonchev–Trinajstić information content (AvgIpc) is 2.69. The molecule has 26 heavy (non-hydrogen) atoms.